The number of hydrogen-bond acceptors (Lipinski definition) is 0. The fourth-order valence-electron chi connectivity index (χ4n) is 4.96. The van der Waals surface area contributed by atoms with Gasteiger partial charge in [-0.1, -0.05) is 48.5 Å². The van der Waals surface area contributed by atoms with Crippen molar-refractivity contribution in [3.8, 4) is 11.1 Å². The maximum absolute atomic E-state index is 3.70. The molecule has 3 aliphatic rings. The molecule has 2 aromatic carbocycles. The number of rotatable bonds is 2. The van der Waals surface area contributed by atoms with Crippen molar-refractivity contribution in [2.45, 2.75) is 43.9 Å². The van der Waals surface area contributed by atoms with Crippen LogP contribution in [0.2, 0.25) is 0 Å². The van der Waals surface area contributed by atoms with Gasteiger partial charge in [-0.15, -0.1) is 11.5 Å². The number of allylic oxidation sites excluding steroid dienone is 2. The van der Waals surface area contributed by atoms with Crippen LogP contribution in [0.25, 0.3) is 11.1 Å². The minimum Gasteiger partial charge on any atom is -0.124 e. The Morgan fingerprint density at radius 2 is 1.12 bits per heavy atom. The highest BCUT2D eigenvalue weighted by Crippen LogP contribution is 2.58. The number of benzene rings is 2. The van der Waals surface area contributed by atoms with Gasteiger partial charge in [0.25, 0.3) is 0 Å². The van der Waals surface area contributed by atoms with Crippen LogP contribution >= 0.6 is 0 Å². The maximum Gasteiger partial charge on any atom is 0.0781 e. The minimum atomic E-state index is -0.152. The van der Waals surface area contributed by atoms with Crippen molar-refractivity contribution in [2.75, 3.05) is 0 Å². The second kappa shape index (κ2) is 5.78. The molecule has 122 valence electrons. The zero-order valence-corrected chi connectivity index (χ0v) is 14.5. The summed E-state index contributed by atoms with van der Waals surface area (Å²) in [5.41, 5.74) is 15.8. The average molecular weight is 322 g/mol. The zero-order valence-electron chi connectivity index (χ0n) is 14.5. The Hall–Kier alpha value is -2.52. The Morgan fingerprint density at radius 1 is 0.640 bits per heavy atom. The van der Waals surface area contributed by atoms with E-state index in [0.717, 1.165) is 25.7 Å². The van der Waals surface area contributed by atoms with Gasteiger partial charge in [0.1, 0.15) is 0 Å². The fourth-order valence-corrected chi connectivity index (χ4v) is 4.96. The van der Waals surface area contributed by atoms with Gasteiger partial charge in [-0.25, -0.2) is 0 Å². The van der Waals surface area contributed by atoms with E-state index in [1.54, 1.807) is 0 Å². The Bertz CT molecular complexity index is 891. The van der Waals surface area contributed by atoms with E-state index in [4.69, 9.17) is 0 Å². The molecule has 0 spiro atoms. The molecule has 0 saturated heterocycles. The normalized spacial score (nSPS) is 19.8. The molecule has 3 aliphatic carbocycles. The van der Waals surface area contributed by atoms with E-state index in [1.165, 1.54) is 46.2 Å². The van der Waals surface area contributed by atoms with E-state index in [1.807, 2.05) is 0 Å². The highest BCUT2D eigenvalue weighted by molar-refractivity contribution is 5.85. The summed E-state index contributed by atoms with van der Waals surface area (Å²) in [6.45, 7) is 0. The van der Waals surface area contributed by atoms with Crippen LogP contribution in [-0.4, -0.2) is 0 Å². The van der Waals surface area contributed by atoms with Crippen LogP contribution in [-0.2, 0) is 5.41 Å². The van der Waals surface area contributed by atoms with E-state index in [9.17, 15) is 0 Å². The third-order valence-corrected chi connectivity index (χ3v) is 5.96. The van der Waals surface area contributed by atoms with Crippen molar-refractivity contribution in [3.05, 3.63) is 94.4 Å². The molecule has 0 N–H and O–H groups in total. The van der Waals surface area contributed by atoms with Gasteiger partial charge >= 0.3 is 0 Å². The summed E-state index contributed by atoms with van der Waals surface area (Å²) in [7, 11) is 0. The van der Waals surface area contributed by atoms with Crippen LogP contribution in [0, 0.1) is 0 Å². The predicted octanol–water partition coefficient (Wildman–Crippen LogP) is 6.48. The van der Waals surface area contributed by atoms with Gasteiger partial charge in [0, 0.05) is 0 Å². The standard InChI is InChI=1S/C25H22/c1-3-11-19(12-4-1)25(20-13-5-2-6-14-20)23-17-9-7-15-21(23)22-16-8-10-18-24(22)25/h3,5,7-10,15-18H,1-2,4,6,12,14H2. The number of fused-ring (bicyclic) bond motifs is 3. The van der Waals surface area contributed by atoms with Crippen molar-refractivity contribution >= 4 is 0 Å². The monoisotopic (exact) mass is 322 g/mol. The van der Waals surface area contributed by atoms with Crippen molar-refractivity contribution in [1.82, 2.24) is 0 Å². The lowest BCUT2D eigenvalue weighted by molar-refractivity contribution is 0.611. The Labute approximate surface area is 149 Å². The quantitative estimate of drug-likeness (QED) is 0.555. The van der Waals surface area contributed by atoms with Gasteiger partial charge in [0.05, 0.1) is 5.41 Å². The Morgan fingerprint density at radius 3 is 1.56 bits per heavy atom. The Balaban J connectivity index is 1.94. The molecule has 0 fully saturated rings. The van der Waals surface area contributed by atoms with E-state index in [-0.39, 0.29) is 5.41 Å². The second-order valence-corrected chi connectivity index (χ2v) is 7.28. The first-order valence-electron chi connectivity index (χ1n) is 9.51. The van der Waals surface area contributed by atoms with E-state index < -0.39 is 0 Å². The SMILES string of the molecule is C1=CCCCC=1C1(C2=C=CCCC2)c2ccccc2-c2ccccc21. The van der Waals surface area contributed by atoms with E-state index in [2.05, 4.69) is 72.1 Å². The van der Waals surface area contributed by atoms with Gasteiger partial charge < -0.3 is 0 Å². The Kier molecular flexibility index (Phi) is 3.42. The van der Waals surface area contributed by atoms with Gasteiger partial charge in [-0.2, -0.15) is 0 Å². The molecular weight excluding hydrogens is 300 g/mol. The summed E-state index contributed by atoms with van der Waals surface area (Å²) in [6.07, 6.45) is 11.5. The minimum absolute atomic E-state index is 0.152. The molecule has 2 aromatic rings. The van der Waals surface area contributed by atoms with Gasteiger partial charge in [-0.05, 0) is 84.1 Å². The molecule has 0 radical (unpaired) electrons. The van der Waals surface area contributed by atoms with Crippen LogP contribution in [0.5, 0.6) is 0 Å². The highest BCUT2D eigenvalue weighted by Gasteiger charge is 2.48. The molecule has 0 saturated carbocycles. The highest BCUT2D eigenvalue weighted by atomic mass is 14.5. The first-order chi connectivity index (χ1) is 12.4. The molecule has 0 heterocycles. The molecule has 0 bridgehead atoms. The molecule has 0 nitrogen and oxygen atoms in total. The van der Waals surface area contributed by atoms with Gasteiger partial charge in [0.2, 0.25) is 0 Å². The first-order valence-corrected chi connectivity index (χ1v) is 9.51. The first kappa shape index (κ1) is 14.8. The summed E-state index contributed by atoms with van der Waals surface area (Å²) in [5.74, 6) is 0. The van der Waals surface area contributed by atoms with Crippen LogP contribution in [0.3, 0.4) is 0 Å². The smallest absolute Gasteiger partial charge is 0.0781 e. The molecule has 25 heavy (non-hydrogen) atoms. The maximum atomic E-state index is 3.70. The topological polar surface area (TPSA) is 0 Å². The van der Waals surface area contributed by atoms with Crippen LogP contribution in [0.1, 0.15) is 49.7 Å². The van der Waals surface area contributed by atoms with Crippen molar-refractivity contribution in [1.29, 1.82) is 0 Å². The largest absolute Gasteiger partial charge is 0.124 e. The predicted molar refractivity (Wildman–Crippen MR) is 104 cm³/mol. The lowest BCUT2D eigenvalue weighted by atomic mass is 9.64. The third-order valence-electron chi connectivity index (χ3n) is 5.96. The molecule has 0 heteroatoms. The van der Waals surface area contributed by atoms with E-state index in [0.29, 0.717) is 0 Å². The van der Waals surface area contributed by atoms with Gasteiger partial charge in [0.15, 0.2) is 0 Å². The number of hydrogen-bond donors (Lipinski definition) is 0. The van der Waals surface area contributed by atoms with Gasteiger partial charge in [-0.3, -0.25) is 0 Å². The third kappa shape index (κ3) is 2.02. The molecule has 0 amide bonds. The van der Waals surface area contributed by atoms with Crippen LogP contribution < -0.4 is 0 Å². The lowest BCUT2D eigenvalue weighted by Gasteiger charge is -2.37. The summed E-state index contributed by atoms with van der Waals surface area (Å²) in [4.78, 5) is 0. The fraction of sp³-hybridized carbons (Fsp3) is 0.280. The van der Waals surface area contributed by atoms with Crippen LogP contribution in [0.15, 0.2) is 83.3 Å². The van der Waals surface area contributed by atoms with Crippen LogP contribution in [0.4, 0.5) is 0 Å². The summed E-state index contributed by atoms with van der Waals surface area (Å²) in [6, 6.07) is 18.0. The molecule has 5 rings (SSSR count). The summed E-state index contributed by atoms with van der Waals surface area (Å²) < 4.78 is 0. The average Bonchev–Trinajstić information content (AvgIpc) is 3.01. The molecule has 0 atom stereocenters. The van der Waals surface area contributed by atoms with Crippen molar-refractivity contribution in [3.63, 3.8) is 0 Å². The summed E-state index contributed by atoms with van der Waals surface area (Å²) in [5, 5.41) is 0. The molecular formula is C25H22. The van der Waals surface area contributed by atoms with Crippen molar-refractivity contribution < 1.29 is 0 Å². The second-order valence-electron chi connectivity index (χ2n) is 7.28. The summed E-state index contributed by atoms with van der Waals surface area (Å²) >= 11 is 0. The lowest BCUT2D eigenvalue weighted by Crippen LogP contribution is -2.31. The van der Waals surface area contributed by atoms with E-state index >= 15 is 0 Å². The molecule has 0 unspecified atom stereocenters. The van der Waals surface area contributed by atoms with Crippen molar-refractivity contribution in [2.24, 2.45) is 0 Å². The molecule has 0 aromatic heterocycles. The zero-order chi connectivity index (χ0) is 16.7. The molecule has 0 aliphatic heterocycles.